The molecule has 8 nitrogen and oxygen atoms in total. The smallest absolute Gasteiger partial charge is 0.295 e. The van der Waals surface area contributed by atoms with Crippen molar-refractivity contribution in [3.05, 3.63) is 119 Å². The van der Waals surface area contributed by atoms with Gasteiger partial charge in [-0.15, -0.1) is 0 Å². The van der Waals surface area contributed by atoms with Gasteiger partial charge in [-0.1, -0.05) is 42.0 Å². The molecule has 0 spiro atoms. The number of rotatable bonds is 9. The fourth-order valence-corrected chi connectivity index (χ4v) is 4.79. The zero-order valence-corrected chi connectivity index (χ0v) is 21.5. The molecule has 39 heavy (non-hydrogen) atoms. The van der Waals surface area contributed by atoms with Gasteiger partial charge in [-0.25, -0.2) is 4.98 Å². The first-order chi connectivity index (χ1) is 18.9. The predicted octanol–water partition coefficient (Wildman–Crippen LogP) is 4.99. The summed E-state index contributed by atoms with van der Waals surface area (Å²) in [4.78, 5) is 31.9. The van der Waals surface area contributed by atoms with Crippen molar-refractivity contribution in [1.82, 2.24) is 14.5 Å². The first kappa shape index (κ1) is 25.8. The largest absolute Gasteiger partial charge is 0.508 e. The van der Waals surface area contributed by atoms with Gasteiger partial charge in [0.2, 0.25) is 0 Å². The Labute approximate surface area is 226 Å². The molecule has 1 fully saturated rings. The van der Waals surface area contributed by atoms with Gasteiger partial charge < -0.3 is 24.4 Å². The number of imidazole rings is 1. The molecule has 0 radical (unpaired) electrons. The second-order valence-electron chi connectivity index (χ2n) is 9.54. The van der Waals surface area contributed by atoms with E-state index in [2.05, 4.69) is 11.1 Å². The molecule has 5 rings (SSSR count). The van der Waals surface area contributed by atoms with Gasteiger partial charge in [-0.2, -0.15) is 0 Å². The first-order valence-corrected chi connectivity index (χ1v) is 12.7. The molecule has 1 aromatic heterocycles. The van der Waals surface area contributed by atoms with E-state index in [0.29, 0.717) is 43.0 Å². The topological polar surface area (TPSA) is 105 Å². The van der Waals surface area contributed by atoms with Crippen molar-refractivity contribution in [1.29, 1.82) is 0 Å². The van der Waals surface area contributed by atoms with Gasteiger partial charge in [0.25, 0.3) is 11.7 Å². The van der Waals surface area contributed by atoms with E-state index in [1.54, 1.807) is 48.9 Å². The van der Waals surface area contributed by atoms with Gasteiger partial charge in [0, 0.05) is 31.0 Å². The van der Waals surface area contributed by atoms with Crippen LogP contribution in [-0.4, -0.2) is 42.9 Å². The zero-order valence-electron chi connectivity index (χ0n) is 21.5. The predicted molar refractivity (Wildman–Crippen MR) is 146 cm³/mol. The van der Waals surface area contributed by atoms with Crippen LogP contribution in [0.4, 0.5) is 0 Å². The van der Waals surface area contributed by atoms with Crippen LogP contribution in [0.25, 0.3) is 5.76 Å². The van der Waals surface area contributed by atoms with Crippen molar-refractivity contribution in [3.8, 4) is 11.5 Å². The number of phenolic OH excluding ortho intramolecular Hbond substituents is 1. The number of aromatic hydroxyl groups is 1. The Morgan fingerprint density at radius 1 is 1.00 bits per heavy atom. The third-order valence-corrected chi connectivity index (χ3v) is 6.74. The van der Waals surface area contributed by atoms with Crippen LogP contribution in [0, 0.1) is 6.92 Å². The summed E-state index contributed by atoms with van der Waals surface area (Å²) in [5.41, 5.74) is 3.23. The summed E-state index contributed by atoms with van der Waals surface area (Å²) < 4.78 is 7.78. The van der Waals surface area contributed by atoms with E-state index in [-0.39, 0.29) is 17.1 Å². The van der Waals surface area contributed by atoms with Gasteiger partial charge in [0.05, 0.1) is 17.9 Å². The maximum atomic E-state index is 13.2. The summed E-state index contributed by atoms with van der Waals surface area (Å²) in [6.45, 7) is 3.35. The molecule has 0 aliphatic carbocycles. The molecular formula is C31H29N3O5. The average Bonchev–Trinajstić information content (AvgIpc) is 3.55. The van der Waals surface area contributed by atoms with Crippen molar-refractivity contribution in [2.45, 2.75) is 32.5 Å². The second-order valence-corrected chi connectivity index (χ2v) is 9.54. The van der Waals surface area contributed by atoms with Gasteiger partial charge in [0.1, 0.15) is 23.9 Å². The highest BCUT2D eigenvalue weighted by molar-refractivity contribution is 6.46. The monoisotopic (exact) mass is 523 g/mol. The number of aliphatic hydroxyl groups excluding tert-OH is 1. The molecule has 8 heteroatoms. The zero-order chi connectivity index (χ0) is 27.4. The lowest BCUT2D eigenvalue weighted by atomic mass is 9.95. The SMILES string of the molecule is Cc1cccc(COc2ccc(C(O)=C3C(=O)C(=O)N(CCCn4ccnc4)[C@H]3c3ccc(O)cc3)cc2)c1. The maximum absolute atomic E-state index is 13.2. The average molecular weight is 524 g/mol. The summed E-state index contributed by atoms with van der Waals surface area (Å²) in [5.74, 6) is -0.986. The highest BCUT2D eigenvalue weighted by Crippen LogP contribution is 2.40. The molecule has 2 N–H and O–H groups in total. The molecule has 1 saturated heterocycles. The van der Waals surface area contributed by atoms with Crippen LogP contribution in [0.2, 0.25) is 0 Å². The number of ketones is 1. The van der Waals surface area contributed by atoms with Crippen molar-refractivity contribution in [2.24, 2.45) is 0 Å². The minimum Gasteiger partial charge on any atom is -0.508 e. The van der Waals surface area contributed by atoms with Gasteiger partial charge in [-0.05, 0) is 60.9 Å². The van der Waals surface area contributed by atoms with Crippen LogP contribution >= 0.6 is 0 Å². The summed E-state index contributed by atoms with van der Waals surface area (Å²) >= 11 is 0. The number of ether oxygens (including phenoxy) is 1. The van der Waals surface area contributed by atoms with E-state index in [1.807, 2.05) is 35.9 Å². The van der Waals surface area contributed by atoms with Crippen molar-refractivity contribution < 1.29 is 24.5 Å². The number of hydrogen-bond donors (Lipinski definition) is 2. The van der Waals surface area contributed by atoms with E-state index in [1.165, 1.54) is 17.0 Å². The van der Waals surface area contributed by atoms with Crippen molar-refractivity contribution >= 4 is 17.4 Å². The first-order valence-electron chi connectivity index (χ1n) is 12.7. The Balaban J connectivity index is 1.41. The molecule has 1 aliphatic heterocycles. The number of phenols is 1. The summed E-state index contributed by atoms with van der Waals surface area (Å²) in [5, 5.41) is 21.1. The third kappa shape index (κ3) is 5.70. The highest BCUT2D eigenvalue weighted by atomic mass is 16.5. The van der Waals surface area contributed by atoms with Crippen LogP contribution in [0.3, 0.4) is 0 Å². The highest BCUT2D eigenvalue weighted by Gasteiger charge is 2.45. The van der Waals surface area contributed by atoms with Gasteiger partial charge >= 0.3 is 0 Å². The molecule has 0 bridgehead atoms. The molecule has 1 amide bonds. The number of benzene rings is 3. The number of carbonyl (C=O) groups is 2. The Hall–Kier alpha value is -4.85. The number of aryl methyl sites for hydroxylation is 2. The molecule has 4 aromatic rings. The molecule has 1 aliphatic rings. The van der Waals surface area contributed by atoms with Crippen LogP contribution in [-0.2, 0) is 22.7 Å². The summed E-state index contributed by atoms with van der Waals surface area (Å²) in [7, 11) is 0. The van der Waals surface area contributed by atoms with Gasteiger partial charge in [0.15, 0.2) is 0 Å². The number of likely N-dealkylation sites (tertiary alicyclic amines) is 1. The van der Waals surface area contributed by atoms with Gasteiger partial charge in [-0.3, -0.25) is 9.59 Å². The number of nitrogens with zero attached hydrogens (tertiary/aromatic N) is 3. The Morgan fingerprint density at radius 3 is 2.46 bits per heavy atom. The van der Waals surface area contributed by atoms with Crippen molar-refractivity contribution in [2.75, 3.05) is 6.54 Å². The minimum absolute atomic E-state index is 0.0155. The Morgan fingerprint density at radius 2 is 1.77 bits per heavy atom. The van der Waals surface area contributed by atoms with Crippen LogP contribution < -0.4 is 4.74 Å². The number of aliphatic hydroxyl groups is 1. The number of hydrogen-bond acceptors (Lipinski definition) is 6. The van der Waals surface area contributed by atoms with Crippen LogP contribution in [0.1, 0.15) is 34.7 Å². The van der Waals surface area contributed by atoms with E-state index >= 15 is 0 Å². The second kappa shape index (κ2) is 11.3. The number of aromatic nitrogens is 2. The fourth-order valence-electron chi connectivity index (χ4n) is 4.79. The third-order valence-electron chi connectivity index (χ3n) is 6.74. The standard InChI is InChI=1S/C31H29N3O5/c1-21-4-2-5-22(18-21)19-39-26-12-8-24(9-13-26)29(36)27-28(23-6-10-25(35)11-7-23)34(31(38)30(27)37)16-3-15-33-17-14-32-20-33/h2,4-14,17-18,20,28,35-36H,3,15-16,19H2,1H3/t28-/m0/s1. The molecule has 2 heterocycles. The maximum Gasteiger partial charge on any atom is 0.295 e. The normalized spacial score (nSPS) is 16.5. The van der Waals surface area contributed by atoms with E-state index < -0.39 is 17.7 Å². The molecule has 0 saturated carbocycles. The molecule has 198 valence electrons. The van der Waals surface area contributed by atoms with E-state index in [0.717, 1.165) is 11.1 Å². The van der Waals surface area contributed by atoms with Crippen LogP contribution in [0.5, 0.6) is 11.5 Å². The lowest BCUT2D eigenvalue weighted by molar-refractivity contribution is -0.139. The summed E-state index contributed by atoms with van der Waals surface area (Å²) in [6, 6.07) is 20.4. The Bertz CT molecular complexity index is 1490. The molecule has 1 atom stereocenters. The van der Waals surface area contributed by atoms with E-state index in [9.17, 15) is 19.8 Å². The Kier molecular flexibility index (Phi) is 7.45. The minimum atomic E-state index is -0.786. The van der Waals surface area contributed by atoms with E-state index in [4.69, 9.17) is 4.74 Å². The number of carbonyl (C=O) groups excluding carboxylic acids is 2. The fraction of sp³-hybridized carbons (Fsp3) is 0.194. The lowest BCUT2D eigenvalue weighted by Crippen LogP contribution is -2.31. The van der Waals surface area contributed by atoms with Crippen molar-refractivity contribution in [3.63, 3.8) is 0 Å². The molecule has 3 aromatic carbocycles. The van der Waals surface area contributed by atoms with Crippen LogP contribution in [0.15, 0.2) is 97.1 Å². The molecular weight excluding hydrogens is 494 g/mol. The summed E-state index contributed by atoms with van der Waals surface area (Å²) in [6.07, 6.45) is 5.80. The lowest BCUT2D eigenvalue weighted by Gasteiger charge is -2.25. The number of amides is 1. The molecule has 0 unspecified atom stereocenters. The quantitative estimate of drug-likeness (QED) is 0.182. The number of Topliss-reactive ketones (excluding diaryl/α,β-unsaturated/α-hetero) is 1.